The van der Waals surface area contributed by atoms with E-state index in [1.807, 2.05) is 48.3 Å². The van der Waals surface area contributed by atoms with Gasteiger partial charge in [0, 0.05) is 51.6 Å². The van der Waals surface area contributed by atoms with Gasteiger partial charge in [0.2, 0.25) is 11.8 Å². The average Bonchev–Trinajstić information content (AvgIpc) is 3.01. The molecule has 1 fully saturated rings. The van der Waals surface area contributed by atoms with Crippen LogP contribution in [0, 0.1) is 0 Å². The number of aryl methyl sites for hydroxylation is 1. The molecular weight excluding hydrogens is 591 g/mol. The molecule has 2 aliphatic heterocycles. The van der Waals surface area contributed by atoms with E-state index < -0.39 is 0 Å². The summed E-state index contributed by atoms with van der Waals surface area (Å²) in [5.74, 6) is 0.0287. The van der Waals surface area contributed by atoms with Gasteiger partial charge in [-0.05, 0) is 69.6 Å². The number of benzene rings is 2. The molecule has 0 aliphatic carbocycles. The van der Waals surface area contributed by atoms with E-state index >= 15 is 0 Å². The Morgan fingerprint density at radius 1 is 0.930 bits per heavy atom. The highest BCUT2D eigenvalue weighted by Gasteiger charge is 2.29. The summed E-state index contributed by atoms with van der Waals surface area (Å²) in [6, 6.07) is 11.5. The standard InChI is InChI=1S/C32H42Cl2N4O5/c1-35(17-14-31(41)42-2)15-6-9-29(39)38-28-23-25(12-10-24(28)11-13-30(38)40)43-22-4-3-16-36-18-20-37(21-19-36)27-8-5-7-26(33)32(27)34/h5,7-8,10,12,23H,3-4,6,9,11,13-22H2,1-2H3. The van der Waals surface area contributed by atoms with Crippen molar-refractivity contribution < 1.29 is 23.9 Å². The predicted molar refractivity (Wildman–Crippen MR) is 170 cm³/mol. The summed E-state index contributed by atoms with van der Waals surface area (Å²) in [5, 5.41) is 1.20. The van der Waals surface area contributed by atoms with Crippen LogP contribution >= 0.6 is 23.2 Å². The Hall–Kier alpha value is -2.85. The number of esters is 1. The van der Waals surface area contributed by atoms with Crippen LogP contribution in [0.4, 0.5) is 11.4 Å². The molecule has 4 rings (SSSR count). The van der Waals surface area contributed by atoms with Crippen LogP contribution in [0.1, 0.15) is 44.1 Å². The van der Waals surface area contributed by atoms with Crippen molar-refractivity contribution >= 4 is 52.4 Å². The molecule has 0 N–H and O–H groups in total. The zero-order valence-corrected chi connectivity index (χ0v) is 26.7. The van der Waals surface area contributed by atoms with Crippen LogP contribution in [0.3, 0.4) is 0 Å². The first-order valence-electron chi connectivity index (χ1n) is 15.0. The third-order valence-electron chi connectivity index (χ3n) is 8.04. The molecular formula is C32H42Cl2N4O5. The first-order chi connectivity index (χ1) is 20.8. The zero-order chi connectivity index (χ0) is 30.8. The summed E-state index contributed by atoms with van der Waals surface area (Å²) in [7, 11) is 3.27. The second kappa shape index (κ2) is 16.3. The van der Waals surface area contributed by atoms with Crippen molar-refractivity contribution in [3.63, 3.8) is 0 Å². The Morgan fingerprint density at radius 2 is 1.72 bits per heavy atom. The molecule has 9 nitrogen and oxygen atoms in total. The number of halogens is 2. The molecule has 43 heavy (non-hydrogen) atoms. The van der Waals surface area contributed by atoms with Crippen molar-refractivity contribution in [2.24, 2.45) is 0 Å². The molecule has 2 amide bonds. The van der Waals surface area contributed by atoms with Crippen molar-refractivity contribution in [2.45, 2.75) is 44.9 Å². The van der Waals surface area contributed by atoms with E-state index in [4.69, 9.17) is 27.9 Å². The van der Waals surface area contributed by atoms with Crippen LogP contribution in [0.25, 0.3) is 0 Å². The normalized spacial score (nSPS) is 15.5. The van der Waals surface area contributed by atoms with Crippen LogP contribution in [0.2, 0.25) is 10.0 Å². The first kappa shape index (κ1) is 33.1. The highest BCUT2D eigenvalue weighted by atomic mass is 35.5. The van der Waals surface area contributed by atoms with Gasteiger partial charge in [-0.25, -0.2) is 0 Å². The van der Waals surface area contributed by atoms with Gasteiger partial charge in [-0.2, -0.15) is 0 Å². The number of unbranched alkanes of at least 4 members (excludes halogenated alkanes) is 1. The molecule has 234 valence electrons. The Labute approximate surface area is 264 Å². The fourth-order valence-corrected chi connectivity index (χ4v) is 5.91. The number of ether oxygens (including phenoxy) is 2. The van der Waals surface area contributed by atoms with Gasteiger partial charge in [0.15, 0.2) is 0 Å². The molecule has 2 aromatic rings. The summed E-state index contributed by atoms with van der Waals surface area (Å²) in [4.78, 5) is 45.3. The second-order valence-electron chi connectivity index (χ2n) is 11.1. The van der Waals surface area contributed by atoms with Crippen LogP contribution in [0.15, 0.2) is 36.4 Å². The second-order valence-corrected chi connectivity index (χ2v) is 11.9. The number of hydrogen-bond donors (Lipinski definition) is 0. The summed E-state index contributed by atoms with van der Waals surface area (Å²) in [6.07, 6.45) is 4.00. The minimum atomic E-state index is -0.258. The van der Waals surface area contributed by atoms with Gasteiger partial charge in [0.25, 0.3) is 0 Å². The van der Waals surface area contributed by atoms with E-state index in [9.17, 15) is 14.4 Å². The minimum Gasteiger partial charge on any atom is -0.494 e. The van der Waals surface area contributed by atoms with Crippen LogP contribution in [-0.2, 0) is 25.5 Å². The molecule has 1 saturated heterocycles. The van der Waals surface area contributed by atoms with E-state index in [-0.39, 0.29) is 24.2 Å². The van der Waals surface area contributed by atoms with Crippen molar-refractivity contribution in [1.82, 2.24) is 9.80 Å². The van der Waals surface area contributed by atoms with Gasteiger partial charge in [0.05, 0.1) is 41.6 Å². The number of hydrogen-bond acceptors (Lipinski definition) is 8. The Morgan fingerprint density at radius 3 is 2.49 bits per heavy atom. The number of carbonyl (C=O) groups excluding carboxylic acids is 3. The maximum atomic E-state index is 13.1. The fourth-order valence-electron chi connectivity index (χ4n) is 5.50. The van der Waals surface area contributed by atoms with Crippen LogP contribution in [0.5, 0.6) is 5.75 Å². The largest absolute Gasteiger partial charge is 0.494 e. The lowest BCUT2D eigenvalue weighted by atomic mass is 10.00. The zero-order valence-electron chi connectivity index (χ0n) is 25.2. The van der Waals surface area contributed by atoms with Crippen molar-refractivity contribution in [2.75, 3.05) is 76.4 Å². The van der Waals surface area contributed by atoms with Gasteiger partial charge in [0.1, 0.15) is 5.75 Å². The molecule has 0 unspecified atom stereocenters. The maximum absolute atomic E-state index is 13.1. The lowest BCUT2D eigenvalue weighted by Crippen LogP contribution is -2.46. The smallest absolute Gasteiger partial charge is 0.306 e. The van der Waals surface area contributed by atoms with Crippen molar-refractivity contribution in [3.8, 4) is 5.75 Å². The molecule has 2 heterocycles. The van der Waals surface area contributed by atoms with Gasteiger partial charge in [-0.3, -0.25) is 24.2 Å². The molecule has 0 radical (unpaired) electrons. The molecule has 2 aromatic carbocycles. The summed E-state index contributed by atoms with van der Waals surface area (Å²) < 4.78 is 10.7. The summed E-state index contributed by atoms with van der Waals surface area (Å²) in [6.45, 7) is 6.52. The Kier molecular flexibility index (Phi) is 12.5. The van der Waals surface area contributed by atoms with E-state index in [1.54, 1.807) is 0 Å². The number of piperazine rings is 1. The third-order valence-corrected chi connectivity index (χ3v) is 8.85. The van der Waals surface area contributed by atoms with Gasteiger partial charge in [-0.1, -0.05) is 35.3 Å². The molecule has 0 bridgehead atoms. The molecule has 0 saturated carbocycles. The number of nitrogens with zero attached hydrogens (tertiary/aromatic N) is 4. The van der Waals surface area contributed by atoms with Crippen LogP contribution in [-0.4, -0.2) is 94.2 Å². The minimum absolute atomic E-state index is 0.175. The monoisotopic (exact) mass is 632 g/mol. The number of rotatable bonds is 14. The third kappa shape index (κ3) is 9.32. The first-order valence-corrected chi connectivity index (χ1v) is 15.8. The van der Waals surface area contributed by atoms with Crippen molar-refractivity contribution in [3.05, 3.63) is 52.0 Å². The summed E-state index contributed by atoms with van der Waals surface area (Å²) in [5.41, 5.74) is 2.61. The highest BCUT2D eigenvalue weighted by molar-refractivity contribution is 6.43. The SMILES string of the molecule is COC(=O)CCN(C)CCCC(=O)N1C(=O)CCc2ccc(OCCCCN3CCN(c4cccc(Cl)c4Cl)CC3)cc21. The lowest BCUT2D eigenvalue weighted by Gasteiger charge is -2.36. The molecule has 0 aromatic heterocycles. The van der Waals surface area contributed by atoms with Gasteiger partial charge < -0.3 is 19.3 Å². The molecule has 0 atom stereocenters. The predicted octanol–water partition coefficient (Wildman–Crippen LogP) is 5.06. The van der Waals surface area contributed by atoms with E-state index in [1.165, 1.54) is 12.0 Å². The fraction of sp³-hybridized carbons (Fsp3) is 0.531. The van der Waals surface area contributed by atoms with Crippen molar-refractivity contribution in [1.29, 1.82) is 0 Å². The number of fused-ring (bicyclic) bond motifs is 1. The Balaban J connectivity index is 1.19. The van der Waals surface area contributed by atoms with E-state index in [2.05, 4.69) is 14.5 Å². The highest BCUT2D eigenvalue weighted by Crippen LogP contribution is 2.34. The van der Waals surface area contributed by atoms with Crippen LogP contribution < -0.4 is 14.5 Å². The number of amides is 2. The molecule has 2 aliphatic rings. The van der Waals surface area contributed by atoms with E-state index in [0.717, 1.165) is 56.8 Å². The quantitative estimate of drug-likeness (QED) is 0.211. The summed E-state index contributed by atoms with van der Waals surface area (Å²) >= 11 is 12.6. The lowest BCUT2D eigenvalue weighted by molar-refractivity contribution is -0.141. The topological polar surface area (TPSA) is 82.6 Å². The molecule has 0 spiro atoms. The van der Waals surface area contributed by atoms with Gasteiger partial charge in [-0.15, -0.1) is 0 Å². The number of carbonyl (C=O) groups is 3. The Bertz CT molecular complexity index is 1270. The maximum Gasteiger partial charge on any atom is 0.306 e. The number of imide groups is 1. The van der Waals surface area contributed by atoms with Gasteiger partial charge >= 0.3 is 5.97 Å². The van der Waals surface area contributed by atoms with E-state index in [0.29, 0.717) is 66.9 Å². The number of anilines is 2. The average molecular weight is 634 g/mol. The number of methoxy groups -OCH3 is 1. The molecule has 11 heteroatoms.